The summed E-state index contributed by atoms with van der Waals surface area (Å²) in [6.45, 7) is 1.15. The summed E-state index contributed by atoms with van der Waals surface area (Å²) in [6, 6.07) is 12.3. The van der Waals surface area contributed by atoms with Gasteiger partial charge in [-0.25, -0.2) is 9.59 Å². The van der Waals surface area contributed by atoms with Crippen LogP contribution in [0.15, 0.2) is 58.1 Å². The summed E-state index contributed by atoms with van der Waals surface area (Å²) in [5.74, 6) is -0.161. The maximum Gasteiger partial charge on any atom is 0.338 e. The summed E-state index contributed by atoms with van der Waals surface area (Å²) in [6.07, 6.45) is 0.143. The molecule has 2 aromatic carbocycles. The molecule has 1 saturated heterocycles. The minimum atomic E-state index is -0.537. The van der Waals surface area contributed by atoms with Gasteiger partial charge in [-0.1, -0.05) is 0 Å². The van der Waals surface area contributed by atoms with Gasteiger partial charge in [0.05, 0.1) is 76.9 Å². The fourth-order valence-electron chi connectivity index (χ4n) is 4.65. The molecule has 1 aliphatic rings. The Hall–Kier alpha value is -5.01. The van der Waals surface area contributed by atoms with Crippen LogP contribution in [0, 0.1) is 0 Å². The third kappa shape index (κ3) is 6.58. The molecular weight excluding hydrogens is 564 g/mol. The van der Waals surface area contributed by atoms with Gasteiger partial charge in [-0.3, -0.25) is 9.59 Å². The van der Waals surface area contributed by atoms with Crippen molar-refractivity contribution in [2.75, 3.05) is 41.7 Å². The van der Waals surface area contributed by atoms with Crippen LogP contribution in [0.5, 0.6) is 11.5 Å². The Morgan fingerprint density at radius 3 is 1.67 bits per heavy atom. The van der Waals surface area contributed by atoms with E-state index in [1.165, 1.54) is 61.8 Å². The standard InChI is InChI=1S/C16H17NO6.C14H13NO5/c1-20-10-7-12(16(19)21-2)11-3-4-14(18)17(13(11)8-10)9-15-22-5-6-23-15;1-19-9-7-11(14(18)20-2)10-3-4-13(17)15(5-6-16)12(10)8-9/h3-4,7-8,15H,5-6,9H2,1-2H3;3-4,6-8H,5H2,1-2H3. The van der Waals surface area contributed by atoms with Gasteiger partial charge >= 0.3 is 11.9 Å². The minimum absolute atomic E-state index is 0.0933. The van der Waals surface area contributed by atoms with Gasteiger partial charge in [0, 0.05) is 35.0 Å². The first kappa shape index (κ1) is 30.9. The summed E-state index contributed by atoms with van der Waals surface area (Å²) in [4.78, 5) is 58.6. The highest BCUT2D eigenvalue weighted by atomic mass is 16.7. The number of pyridine rings is 2. The number of esters is 2. The van der Waals surface area contributed by atoms with Crippen LogP contribution in [0.1, 0.15) is 20.7 Å². The average Bonchev–Trinajstić information content (AvgIpc) is 3.55. The van der Waals surface area contributed by atoms with Crippen LogP contribution in [0.3, 0.4) is 0 Å². The summed E-state index contributed by atoms with van der Waals surface area (Å²) >= 11 is 0. The third-order valence-corrected chi connectivity index (χ3v) is 6.72. The number of nitrogens with zero attached hydrogens (tertiary/aromatic N) is 2. The van der Waals surface area contributed by atoms with Gasteiger partial charge in [0.1, 0.15) is 17.8 Å². The van der Waals surface area contributed by atoms with Crippen molar-refractivity contribution in [3.05, 3.63) is 80.4 Å². The van der Waals surface area contributed by atoms with E-state index >= 15 is 0 Å². The molecular formula is C30H30N2O11. The zero-order chi connectivity index (χ0) is 31.1. The highest BCUT2D eigenvalue weighted by Crippen LogP contribution is 2.27. The van der Waals surface area contributed by atoms with Crippen molar-refractivity contribution in [2.45, 2.75) is 19.4 Å². The van der Waals surface area contributed by atoms with E-state index in [0.29, 0.717) is 58.4 Å². The lowest BCUT2D eigenvalue weighted by atomic mass is 10.1. The summed E-state index contributed by atoms with van der Waals surface area (Å²) in [5, 5.41) is 1.13. The van der Waals surface area contributed by atoms with E-state index in [4.69, 9.17) is 28.4 Å². The average molecular weight is 595 g/mol. The number of methoxy groups -OCH3 is 4. The molecule has 0 aliphatic carbocycles. The highest BCUT2D eigenvalue weighted by molar-refractivity contribution is 6.05. The molecule has 0 bridgehead atoms. The molecule has 1 aliphatic heterocycles. The number of aromatic nitrogens is 2. The van der Waals surface area contributed by atoms with E-state index in [0.717, 1.165) is 0 Å². The molecule has 0 saturated carbocycles. The molecule has 5 rings (SSSR count). The lowest BCUT2D eigenvalue weighted by Gasteiger charge is -2.16. The highest BCUT2D eigenvalue weighted by Gasteiger charge is 2.21. The number of benzene rings is 2. The lowest BCUT2D eigenvalue weighted by Crippen LogP contribution is -2.27. The monoisotopic (exact) mass is 594 g/mol. The first-order valence-corrected chi connectivity index (χ1v) is 13.0. The fraction of sp³-hybridized carbons (Fsp3) is 0.300. The Balaban J connectivity index is 0.000000199. The molecule has 2 aromatic heterocycles. The van der Waals surface area contributed by atoms with Crippen molar-refractivity contribution in [2.24, 2.45) is 0 Å². The normalized spacial score (nSPS) is 12.8. The van der Waals surface area contributed by atoms with Crippen LogP contribution in [0.25, 0.3) is 21.8 Å². The molecule has 13 nitrogen and oxygen atoms in total. The predicted molar refractivity (Wildman–Crippen MR) is 154 cm³/mol. The summed E-state index contributed by atoms with van der Waals surface area (Å²) in [5.41, 5.74) is 1.10. The first-order chi connectivity index (χ1) is 20.8. The molecule has 3 heterocycles. The van der Waals surface area contributed by atoms with Gasteiger partial charge in [0.15, 0.2) is 6.29 Å². The molecule has 226 valence electrons. The molecule has 43 heavy (non-hydrogen) atoms. The predicted octanol–water partition coefficient (Wildman–Crippen LogP) is 2.17. The minimum Gasteiger partial charge on any atom is -0.497 e. The van der Waals surface area contributed by atoms with E-state index in [2.05, 4.69) is 0 Å². The second kappa shape index (κ2) is 13.8. The Kier molecular flexibility index (Phi) is 9.91. The quantitative estimate of drug-likeness (QED) is 0.218. The number of ether oxygens (including phenoxy) is 6. The van der Waals surface area contributed by atoms with Gasteiger partial charge < -0.3 is 42.3 Å². The van der Waals surface area contributed by atoms with Crippen LogP contribution in [-0.4, -0.2) is 75.3 Å². The molecule has 0 atom stereocenters. The zero-order valence-electron chi connectivity index (χ0n) is 24.0. The number of hydrogen-bond acceptors (Lipinski definition) is 11. The number of fused-ring (bicyclic) bond motifs is 2. The van der Waals surface area contributed by atoms with Crippen LogP contribution >= 0.6 is 0 Å². The van der Waals surface area contributed by atoms with Crippen molar-refractivity contribution in [3.63, 3.8) is 0 Å². The SMILES string of the molecule is COC(=O)c1cc(OC)cc2c1ccc(=O)n2CC1OCCO1.COC(=O)c1cc(OC)cc2c1ccc(=O)n2CC=O. The molecule has 4 aromatic rings. The maximum absolute atomic E-state index is 12.3. The molecule has 13 heteroatoms. The van der Waals surface area contributed by atoms with E-state index < -0.39 is 18.2 Å². The number of aldehydes is 1. The second-order valence-electron chi connectivity index (χ2n) is 9.10. The van der Waals surface area contributed by atoms with Crippen molar-refractivity contribution in [1.29, 1.82) is 0 Å². The van der Waals surface area contributed by atoms with E-state index in [1.54, 1.807) is 24.3 Å². The number of carbonyl (C=O) groups excluding carboxylic acids is 3. The largest absolute Gasteiger partial charge is 0.497 e. The van der Waals surface area contributed by atoms with Gasteiger partial charge in [-0.2, -0.15) is 0 Å². The van der Waals surface area contributed by atoms with Gasteiger partial charge in [0.2, 0.25) is 0 Å². The molecule has 1 fully saturated rings. The van der Waals surface area contributed by atoms with E-state index in [-0.39, 0.29) is 29.8 Å². The summed E-state index contributed by atoms with van der Waals surface area (Å²) < 4.78 is 33.5. The molecule has 0 N–H and O–H groups in total. The van der Waals surface area contributed by atoms with Crippen LogP contribution in [0.4, 0.5) is 0 Å². The smallest absolute Gasteiger partial charge is 0.338 e. The fourth-order valence-corrected chi connectivity index (χ4v) is 4.65. The molecule has 0 spiro atoms. The topological polar surface area (TPSA) is 151 Å². The Bertz CT molecular complexity index is 1790. The Morgan fingerprint density at radius 1 is 0.767 bits per heavy atom. The van der Waals surface area contributed by atoms with Crippen LogP contribution < -0.4 is 20.6 Å². The molecule has 0 radical (unpaired) electrons. The van der Waals surface area contributed by atoms with E-state index in [1.807, 2.05) is 0 Å². The van der Waals surface area contributed by atoms with Crippen molar-refractivity contribution in [1.82, 2.24) is 9.13 Å². The number of carbonyl (C=O) groups is 3. The van der Waals surface area contributed by atoms with Gasteiger partial charge in [-0.05, 0) is 24.3 Å². The van der Waals surface area contributed by atoms with E-state index in [9.17, 15) is 24.0 Å². The molecule has 0 amide bonds. The lowest BCUT2D eigenvalue weighted by molar-refractivity contribution is -0.108. The zero-order valence-corrected chi connectivity index (χ0v) is 24.0. The second-order valence-corrected chi connectivity index (χ2v) is 9.10. The maximum atomic E-state index is 12.3. The molecule has 0 unspecified atom stereocenters. The van der Waals surface area contributed by atoms with Crippen LogP contribution in [-0.2, 0) is 36.8 Å². The first-order valence-electron chi connectivity index (χ1n) is 13.0. The van der Waals surface area contributed by atoms with Crippen molar-refractivity contribution < 1.29 is 42.8 Å². The van der Waals surface area contributed by atoms with Gasteiger partial charge in [0.25, 0.3) is 11.1 Å². The third-order valence-electron chi connectivity index (χ3n) is 6.72. The Morgan fingerprint density at radius 2 is 1.23 bits per heavy atom. The van der Waals surface area contributed by atoms with Gasteiger partial charge in [-0.15, -0.1) is 0 Å². The number of hydrogen-bond donors (Lipinski definition) is 0. The van der Waals surface area contributed by atoms with Crippen LogP contribution in [0.2, 0.25) is 0 Å². The number of rotatable bonds is 8. The Labute approximate surface area is 245 Å². The summed E-state index contributed by atoms with van der Waals surface area (Å²) in [7, 11) is 5.53. The van der Waals surface area contributed by atoms with Crippen molar-refractivity contribution >= 4 is 40.0 Å². The van der Waals surface area contributed by atoms with Crippen molar-refractivity contribution in [3.8, 4) is 11.5 Å².